The molecule has 0 saturated carbocycles. The number of nitrogens with one attached hydrogen (secondary N) is 1. The number of carbonyl (C=O) groups is 1. The second-order valence-corrected chi connectivity index (χ2v) is 6.39. The van der Waals surface area contributed by atoms with Gasteiger partial charge in [-0.25, -0.2) is 0 Å². The van der Waals surface area contributed by atoms with Crippen LogP contribution in [0.25, 0.3) is 10.9 Å². The molecule has 0 bridgehead atoms. The quantitative estimate of drug-likeness (QED) is 0.702. The molecule has 0 spiro atoms. The van der Waals surface area contributed by atoms with Gasteiger partial charge in [-0.15, -0.1) is 0 Å². The summed E-state index contributed by atoms with van der Waals surface area (Å²) in [7, 11) is 0. The average molecular weight is 336 g/mol. The normalized spacial score (nSPS) is 11.0. The van der Waals surface area contributed by atoms with Crippen molar-refractivity contribution in [2.75, 3.05) is 11.9 Å². The lowest BCUT2D eigenvalue weighted by Crippen LogP contribution is -2.19. The van der Waals surface area contributed by atoms with Crippen LogP contribution in [0.3, 0.4) is 0 Å². The number of hydrogen-bond acceptors (Lipinski definition) is 2. The number of anilines is 1. The first-order chi connectivity index (χ1) is 12.1. The summed E-state index contributed by atoms with van der Waals surface area (Å²) in [4.78, 5) is 12.5. The fourth-order valence-corrected chi connectivity index (χ4v) is 3.03. The zero-order valence-corrected chi connectivity index (χ0v) is 15.0. The first kappa shape index (κ1) is 17.1. The molecule has 0 unspecified atom stereocenters. The molecule has 2 aromatic carbocycles. The summed E-state index contributed by atoms with van der Waals surface area (Å²) in [6, 6.07) is 15.9. The van der Waals surface area contributed by atoms with Crippen molar-refractivity contribution in [1.82, 2.24) is 4.57 Å². The van der Waals surface area contributed by atoms with E-state index >= 15 is 0 Å². The van der Waals surface area contributed by atoms with Gasteiger partial charge < -0.3 is 14.6 Å². The SMILES string of the molecule is CCOc1ccc2c(ccn2CC(=O)Nc2ccccc2C(C)C)c1. The van der Waals surface area contributed by atoms with E-state index in [2.05, 4.69) is 25.2 Å². The van der Waals surface area contributed by atoms with Crippen molar-refractivity contribution in [3.05, 3.63) is 60.3 Å². The molecule has 0 atom stereocenters. The summed E-state index contributed by atoms with van der Waals surface area (Å²) in [5, 5.41) is 4.11. The van der Waals surface area contributed by atoms with Gasteiger partial charge in [0.2, 0.25) is 5.91 Å². The molecule has 3 rings (SSSR count). The molecule has 4 nitrogen and oxygen atoms in total. The summed E-state index contributed by atoms with van der Waals surface area (Å²) in [5.74, 6) is 1.18. The maximum Gasteiger partial charge on any atom is 0.244 e. The molecule has 4 heteroatoms. The Labute approximate surface area is 148 Å². The second kappa shape index (κ2) is 7.43. The number of carbonyl (C=O) groups excluding carboxylic acids is 1. The summed E-state index contributed by atoms with van der Waals surface area (Å²) in [6.07, 6.45) is 1.94. The Hall–Kier alpha value is -2.75. The second-order valence-electron chi connectivity index (χ2n) is 6.39. The molecular formula is C21H24N2O2. The molecule has 1 heterocycles. The number of ether oxygens (including phenoxy) is 1. The standard InChI is InChI=1S/C21H24N2O2/c1-4-25-17-9-10-20-16(13-17)11-12-23(20)14-21(24)22-19-8-6-5-7-18(19)15(2)3/h5-13,15H,4,14H2,1-3H3,(H,22,24). The van der Waals surface area contributed by atoms with E-state index in [0.29, 0.717) is 12.5 Å². The maximum absolute atomic E-state index is 12.5. The van der Waals surface area contributed by atoms with Crippen molar-refractivity contribution >= 4 is 22.5 Å². The van der Waals surface area contributed by atoms with Crippen LogP contribution in [0.4, 0.5) is 5.69 Å². The predicted molar refractivity (Wildman–Crippen MR) is 102 cm³/mol. The van der Waals surface area contributed by atoms with Gasteiger partial charge in [0.25, 0.3) is 0 Å². The summed E-state index contributed by atoms with van der Waals surface area (Å²) in [5.41, 5.74) is 3.06. The number of nitrogens with zero attached hydrogens (tertiary/aromatic N) is 1. The van der Waals surface area contributed by atoms with Crippen molar-refractivity contribution in [3.63, 3.8) is 0 Å². The highest BCUT2D eigenvalue weighted by atomic mass is 16.5. The summed E-state index contributed by atoms with van der Waals surface area (Å²) < 4.78 is 7.49. The molecule has 1 aromatic heterocycles. The topological polar surface area (TPSA) is 43.3 Å². The highest BCUT2D eigenvalue weighted by Crippen LogP contribution is 2.25. The monoisotopic (exact) mass is 336 g/mol. The van der Waals surface area contributed by atoms with Crippen LogP contribution in [0.5, 0.6) is 5.75 Å². The predicted octanol–water partition coefficient (Wildman–Crippen LogP) is 4.80. The molecule has 1 N–H and O–H groups in total. The van der Waals surface area contributed by atoms with Gasteiger partial charge >= 0.3 is 0 Å². The van der Waals surface area contributed by atoms with E-state index in [1.165, 1.54) is 0 Å². The van der Waals surface area contributed by atoms with E-state index < -0.39 is 0 Å². The number of hydrogen-bond donors (Lipinski definition) is 1. The van der Waals surface area contributed by atoms with Crippen LogP contribution in [0.15, 0.2) is 54.7 Å². The van der Waals surface area contributed by atoms with Crippen LogP contribution in [-0.4, -0.2) is 17.1 Å². The van der Waals surface area contributed by atoms with Gasteiger partial charge in [-0.2, -0.15) is 0 Å². The highest BCUT2D eigenvalue weighted by Gasteiger charge is 2.11. The molecule has 1 amide bonds. The molecule has 0 saturated heterocycles. The van der Waals surface area contributed by atoms with Gasteiger partial charge in [0.15, 0.2) is 0 Å². The summed E-state index contributed by atoms with van der Waals surface area (Å²) >= 11 is 0. The van der Waals surface area contributed by atoms with Crippen molar-refractivity contribution in [2.45, 2.75) is 33.2 Å². The Bertz CT molecular complexity index is 880. The first-order valence-electron chi connectivity index (χ1n) is 8.69. The first-order valence-corrected chi connectivity index (χ1v) is 8.69. The minimum absolute atomic E-state index is 0.0283. The van der Waals surface area contributed by atoms with Crippen LogP contribution < -0.4 is 10.1 Å². The van der Waals surface area contributed by atoms with Crippen LogP contribution in [0, 0.1) is 0 Å². The van der Waals surface area contributed by atoms with E-state index in [9.17, 15) is 4.79 Å². The van der Waals surface area contributed by atoms with Crippen molar-refractivity contribution in [2.24, 2.45) is 0 Å². The number of rotatable bonds is 6. The lowest BCUT2D eigenvalue weighted by atomic mass is 10.0. The van der Waals surface area contributed by atoms with Crippen molar-refractivity contribution in [1.29, 1.82) is 0 Å². The molecule has 130 valence electrons. The van der Waals surface area contributed by atoms with Gasteiger partial charge in [-0.1, -0.05) is 32.0 Å². The number of benzene rings is 2. The minimum atomic E-state index is -0.0283. The number of para-hydroxylation sites is 1. The smallest absolute Gasteiger partial charge is 0.244 e. The average Bonchev–Trinajstić information content (AvgIpc) is 2.97. The minimum Gasteiger partial charge on any atom is -0.494 e. The zero-order chi connectivity index (χ0) is 17.8. The van der Waals surface area contributed by atoms with Gasteiger partial charge in [-0.05, 0) is 48.7 Å². The summed E-state index contributed by atoms with van der Waals surface area (Å²) in [6.45, 7) is 7.14. The molecule has 0 aliphatic rings. The largest absolute Gasteiger partial charge is 0.494 e. The highest BCUT2D eigenvalue weighted by molar-refractivity contribution is 5.93. The Morgan fingerprint density at radius 2 is 1.96 bits per heavy atom. The number of fused-ring (bicyclic) bond motifs is 1. The number of aromatic nitrogens is 1. The van der Waals surface area contributed by atoms with Gasteiger partial charge in [0.1, 0.15) is 12.3 Å². The molecule has 0 fully saturated rings. The Balaban J connectivity index is 1.76. The van der Waals surface area contributed by atoms with Crippen LogP contribution in [0.2, 0.25) is 0 Å². The molecule has 0 aliphatic carbocycles. The third-order valence-electron chi connectivity index (χ3n) is 4.22. The lowest BCUT2D eigenvalue weighted by molar-refractivity contribution is -0.116. The van der Waals surface area contributed by atoms with E-state index in [1.807, 2.05) is 60.2 Å². The fraction of sp³-hybridized carbons (Fsp3) is 0.286. The van der Waals surface area contributed by atoms with Crippen molar-refractivity contribution < 1.29 is 9.53 Å². The molecule has 0 aliphatic heterocycles. The van der Waals surface area contributed by atoms with E-state index in [1.54, 1.807) is 0 Å². The van der Waals surface area contributed by atoms with E-state index in [4.69, 9.17) is 4.74 Å². The Morgan fingerprint density at radius 1 is 1.16 bits per heavy atom. The van der Waals surface area contributed by atoms with E-state index in [-0.39, 0.29) is 12.5 Å². The Morgan fingerprint density at radius 3 is 2.72 bits per heavy atom. The third kappa shape index (κ3) is 3.85. The van der Waals surface area contributed by atoms with E-state index in [0.717, 1.165) is 27.9 Å². The van der Waals surface area contributed by atoms with Crippen LogP contribution in [0.1, 0.15) is 32.3 Å². The molecule has 0 radical (unpaired) electrons. The maximum atomic E-state index is 12.5. The molecular weight excluding hydrogens is 312 g/mol. The van der Waals surface area contributed by atoms with Crippen molar-refractivity contribution in [3.8, 4) is 5.75 Å². The number of amides is 1. The van der Waals surface area contributed by atoms with Crippen LogP contribution in [-0.2, 0) is 11.3 Å². The fourth-order valence-electron chi connectivity index (χ4n) is 3.03. The van der Waals surface area contributed by atoms with Gasteiger partial charge in [0, 0.05) is 22.8 Å². The molecule has 25 heavy (non-hydrogen) atoms. The van der Waals surface area contributed by atoms with Crippen LogP contribution >= 0.6 is 0 Å². The molecule has 3 aromatic rings. The zero-order valence-electron chi connectivity index (χ0n) is 15.0. The Kier molecular flexibility index (Phi) is 5.08. The van der Waals surface area contributed by atoms with Gasteiger partial charge in [-0.3, -0.25) is 4.79 Å². The lowest BCUT2D eigenvalue weighted by Gasteiger charge is -2.14. The van der Waals surface area contributed by atoms with Gasteiger partial charge in [0.05, 0.1) is 6.61 Å². The third-order valence-corrected chi connectivity index (χ3v) is 4.22.